The number of ether oxygens (including phenoxy) is 1. The lowest BCUT2D eigenvalue weighted by Crippen LogP contribution is -2.30. The first kappa shape index (κ1) is 20.6. The molecule has 2 rings (SSSR count). The van der Waals surface area contributed by atoms with Crippen molar-refractivity contribution in [1.82, 2.24) is 10.6 Å². The zero-order valence-corrected chi connectivity index (χ0v) is 15.8. The van der Waals surface area contributed by atoms with E-state index in [1.165, 1.54) is 0 Å². The Labute approximate surface area is 160 Å². The van der Waals surface area contributed by atoms with Crippen molar-refractivity contribution in [3.63, 3.8) is 0 Å². The van der Waals surface area contributed by atoms with Crippen molar-refractivity contribution in [2.45, 2.75) is 19.4 Å². The third-order valence-electron chi connectivity index (χ3n) is 4.11. The maximum atomic E-state index is 12.1. The van der Waals surface area contributed by atoms with Crippen LogP contribution in [0.1, 0.15) is 35.3 Å². The molecule has 0 aliphatic heterocycles. The van der Waals surface area contributed by atoms with Crippen molar-refractivity contribution >= 4 is 17.5 Å². The minimum atomic E-state index is -0.137. The highest BCUT2D eigenvalue weighted by Gasteiger charge is 2.09. The van der Waals surface area contributed by atoms with Crippen molar-refractivity contribution in [2.75, 3.05) is 32.1 Å². The Kier molecular flexibility index (Phi) is 8.48. The van der Waals surface area contributed by atoms with Gasteiger partial charge >= 0.3 is 0 Å². The summed E-state index contributed by atoms with van der Waals surface area (Å²) in [7, 11) is 1.63. The van der Waals surface area contributed by atoms with Gasteiger partial charge in [-0.3, -0.25) is 9.59 Å². The van der Waals surface area contributed by atoms with E-state index in [4.69, 9.17) is 4.74 Å². The van der Waals surface area contributed by atoms with Gasteiger partial charge in [0, 0.05) is 37.6 Å². The van der Waals surface area contributed by atoms with Gasteiger partial charge in [0.2, 0.25) is 5.91 Å². The average Bonchev–Trinajstić information content (AvgIpc) is 2.70. The zero-order valence-electron chi connectivity index (χ0n) is 15.8. The van der Waals surface area contributed by atoms with Gasteiger partial charge in [-0.1, -0.05) is 30.3 Å². The Balaban J connectivity index is 1.76. The lowest BCUT2D eigenvalue weighted by Gasteiger charge is -2.14. The molecule has 0 saturated carbocycles. The van der Waals surface area contributed by atoms with Crippen LogP contribution in [-0.2, 0) is 9.53 Å². The van der Waals surface area contributed by atoms with E-state index < -0.39 is 0 Å². The van der Waals surface area contributed by atoms with Gasteiger partial charge in [0.05, 0.1) is 6.54 Å². The normalized spacial score (nSPS) is 11.6. The monoisotopic (exact) mass is 369 g/mol. The molecule has 0 aliphatic rings. The lowest BCUT2D eigenvalue weighted by molar-refractivity contribution is -0.115. The summed E-state index contributed by atoms with van der Waals surface area (Å²) in [6.07, 6.45) is 0.769. The number of hydrogen-bond acceptors (Lipinski definition) is 4. The largest absolute Gasteiger partial charge is 0.385 e. The maximum absolute atomic E-state index is 12.1. The molecule has 144 valence electrons. The number of rotatable bonds is 10. The number of benzene rings is 2. The van der Waals surface area contributed by atoms with Crippen molar-refractivity contribution in [3.05, 3.63) is 65.7 Å². The Morgan fingerprint density at radius 2 is 1.74 bits per heavy atom. The summed E-state index contributed by atoms with van der Waals surface area (Å²) in [6, 6.07) is 16.9. The molecule has 6 nitrogen and oxygen atoms in total. The van der Waals surface area contributed by atoms with Crippen molar-refractivity contribution in [1.29, 1.82) is 0 Å². The molecule has 6 heteroatoms. The second kappa shape index (κ2) is 11.1. The first-order valence-corrected chi connectivity index (χ1v) is 9.05. The Bertz CT molecular complexity index is 717. The highest BCUT2D eigenvalue weighted by Crippen LogP contribution is 2.12. The van der Waals surface area contributed by atoms with Crippen LogP contribution in [0.3, 0.4) is 0 Å². The number of amides is 2. The molecule has 0 radical (unpaired) electrons. The molecular weight excluding hydrogens is 342 g/mol. The van der Waals surface area contributed by atoms with Crippen LogP contribution in [0.25, 0.3) is 0 Å². The minimum absolute atomic E-state index is 0.0844. The van der Waals surface area contributed by atoms with E-state index in [1.807, 2.05) is 37.3 Å². The third-order valence-corrected chi connectivity index (χ3v) is 4.11. The van der Waals surface area contributed by atoms with Crippen LogP contribution in [0, 0.1) is 0 Å². The molecule has 0 aromatic heterocycles. The van der Waals surface area contributed by atoms with Crippen LogP contribution in [0.4, 0.5) is 5.69 Å². The number of methoxy groups -OCH3 is 1. The fraction of sp³-hybridized carbons (Fsp3) is 0.333. The highest BCUT2D eigenvalue weighted by atomic mass is 16.5. The third kappa shape index (κ3) is 7.21. The van der Waals surface area contributed by atoms with Crippen molar-refractivity contribution in [2.24, 2.45) is 0 Å². The summed E-state index contributed by atoms with van der Waals surface area (Å²) >= 11 is 0. The van der Waals surface area contributed by atoms with E-state index in [1.54, 1.807) is 31.4 Å². The Morgan fingerprint density at radius 3 is 2.41 bits per heavy atom. The molecular formula is C21H27N3O3. The van der Waals surface area contributed by atoms with Crippen LogP contribution in [-0.4, -0.2) is 38.6 Å². The molecule has 3 N–H and O–H groups in total. The van der Waals surface area contributed by atoms with E-state index in [2.05, 4.69) is 16.0 Å². The van der Waals surface area contributed by atoms with Gasteiger partial charge in [0.1, 0.15) is 0 Å². The van der Waals surface area contributed by atoms with Gasteiger partial charge < -0.3 is 20.7 Å². The predicted molar refractivity (Wildman–Crippen MR) is 107 cm³/mol. The molecule has 1 unspecified atom stereocenters. The summed E-state index contributed by atoms with van der Waals surface area (Å²) in [4.78, 5) is 24.1. The van der Waals surface area contributed by atoms with Crippen LogP contribution in [0.15, 0.2) is 54.6 Å². The number of hydrogen-bond donors (Lipinski definition) is 3. The number of carbonyl (C=O) groups is 2. The van der Waals surface area contributed by atoms with Gasteiger partial charge in [0.25, 0.3) is 5.91 Å². The molecule has 27 heavy (non-hydrogen) atoms. The Hall–Kier alpha value is -2.70. The van der Waals surface area contributed by atoms with E-state index >= 15 is 0 Å². The first-order valence-electron chi connectivity index (χ1n) is 9.05. The molecule has 2 aromatic carbocycles. The Morgan fingerprint density at radius 1 is 1.04 bits per heavy atom. The molecule has 0 heterocycles. The summed E-state index contributed by atoms with van der Waals surface area (Å²) in [5.41, 5.74) is 2.34. The topological polar surface area (TPSA) is 79.5 Å². The second-order valence-corrected chi connectivity index (χ2v) is 6.24. The summed E-state index contributed by atoms with van der Waals surface area (Å²) in [6.45, 7) is 3.40. The molecule has 0 saturated heterocycles. The van der Waals surface area contributed by atoms with Gasteiger partial charge in [-0.15, -0.1) is 0 Å². The van der Waals surface area contributed by atoms with E-state index in [9.17, 15) is 9.59 Å². The van der Waals surface area contributed by atoms with Gasteiger partial charge in [-0.05, 0) is 43.2 Å². The number of nitrogens with one attached hydrogen (secondary N) is 3. The van der Waals surface area contributed by atoms with Gasteiger partial charge in [-0.2, -0.15) is 0 Å². The van der Waals surface area contributed by atoms with E-state index in [0.717, 1.165) is 12.0 Å². The van der Waals surface area contributed by atoms with Crippen molar-refractivity contribution < 1.29 is 14.3 Å². The van der Waals surface area contributed by atoms with E-state index in [0.29, 0.717) is 24.4 Å². The van der Waals surface area contributed by atoms with Crippen LogP contribution in [0.5, 0.6) is 0 Å². The van der Waals surface area contributed by atoms with Crippen LogP contribution in [0.2, 0.25) is 0 Å². The molecule has 0 aliphatic carbocycles. The second-order valence-electron chi connectivity index (χ2n) is 6.24. The zero-order chi connectivity index (χ0) is 19.5. The van der Waals surface area contributed by atoms with Gasteiger partial charge in [0.15, 0.2) is 0 Å². The van der Waals surface area contributed by atoms with E-state index in [-0.39, 0.29) is 24.4 Å². The highest BCUT2D eigenvalue weighted by molar-refractivity contribution is 5.96. The summed E-state index contributed by atoms with van der Waals surface area (Å²) in [5, 5.41) is 8.85. The molecule has 1 atom stereocenters. The lowest BCUT2D eigenvalue weighted by atomic mass is 10.1. The number of anilines is 1. The standard InChI is InChI=1S/C21H27N3O3/c1-16(17-7-4-3-5-8-17)23-15-20(25)24-19-11-9-18(10-12-19)21(26)22-13-6-14-27-2/h3-5,7-12,16,23H,6,13-15H2,1-2H3,(H,22,26)(H,24,25). The average molecular weight is 369 g/mol. The maximum Gasteiger partial charge on any atom is 0.251 e. The fourth-order valence-electron chi connectivity index (χ4n) is 2.54. The van der Waals surface area contributed by atoms with Crippen molar-refractivity contribution in [3.8, 4) is 0 Å². The quantitative estimate of drug-likeness (QED) is 0.563. The molecule has 2 amide bonds. The minimum Gasteiger partial charge on any atom is -0.385 e. The number of carbonyl (C=O) groups excluding carboxylic acids is 2. The fourth-order valence-corrected chi connectivity index (χ4v) is 2.54. The molecule has 0 fully saturated rings. The SMILES string of the molecule is COCCCNC(=O)c1ccc(NC(=O)CNC(C)c2ccccc2)cc1. The van der Waals surface area contributed by atoms with Crippen LogP contribution >= 0.6 is 0 Å². The predicted octanol–water partition coefficient (Wildman–Crippen LogP) is 2.74. The first-order chi connectivity index (χ1) is 13.1. The molecule has 0 spiro atoms. The summed E-state index contributed by atoms with van der Waals surface area (Å²) < 4.78 is 4.95. The van der Waals surface area contributed by atoms with Crippen LogP contribution < -0.4 is 16.0 Å². The molecule has 0 bridgehead atoms. The smallest absolute Gasteiger partial charge is 0.251 e. The molecule has 2 aromatic rings. The summed E-state index contributed by atoms with van der Waals surface area (Å²) in [5.74, 6) is -0.267. The van der Waals surface area contributed by atoms with Gasteiger partial charge in [-0.25, -0.2) is 0 Å².